The molecule has 0 aromatic heterocycles. The normalized spacial score (nSPS) is 18.4. The predicted molar refractivity (Wildman–Crippen MR) is 127 cm³/mol. The molecule has 0 aliphatic carbocycles. The van der Waals surface area contributed by atoms with E-state index in [4.69, 9.17) is 4.74 Å². The maximum absolute atomic E-state index is 12.7. The zero-order valence-corrected chi connectivity index (χ0v) is 19.2. The maximum Gasteiger partial charge on any atom is 0.241 e. The standard InChI is InChI=1S/C21H28N4O2S.C2H6/c1-22-12-13-28-24-17-14-20(25(2)15-17)21(26)23-16-8-10-19(11-9-16)27-18-6-4-3-5-7-18;1-2/h3-11,17,20,22,24H,12-15H2,1-2H3,(H,23,26);1-2H3/t17-,20+;/m1./s1. The molecule has 6 nitrogen and oxygen atoms in total. The molecule has 2 aromatic rings. The van der Waals surface area contributed by atoms with Crippen molar-refractivity contribution in [3.8, 4) is 11.5 Å². The van der Waals surface area contributed by atoms with E-state index in [1.807, 2.05) is 82.5 Å². The largest absolute Gasteiger partial charge is 0.457 e. The number of benzene rings is 2. The minimum atomic E-state index is -0.123. The average molecular weight is 431 g/mol. The van der Waals surface area contributed by atoms with Crippen molar-refractivity contribution < 1.29 is 9.53 Å². The van der Waals surface area contributed by atoms with E-state index in [0.717, 1.165) is 42.4 Å². The molecule has 0 bridgehead atoms. The molecule has 3 rings (SSSR count). The summed E-state index contributed by atoms with van der Waals surface area (Å²) < 4.78 is 9.25. The van der Waals surface area contributed by atoms with Gasteiger partial charge in [-0.1, -0.05) is 44.0 Å². The monoisotopic (exact) mass is 430 g/mol. The van der Waals surface area contributed by atoms with Crippen LogP contribution in [0.2, 0.25) is 0 Å². The van der Waals surface area contributed by atoms with Gasteiger partial charge >= 0.3 is 0 Å². The Kier molecular flexibility index (Phi) is 10.7. The Bertz CT molecular complexity index is 743. The fourth-order valence-electron chi connectivity index (χ4n) is 3.18. The molecular weight excluding hydrogens is 396 g/mol. The van der Waals surface area contributed by atoms with E-state index in [2.05, 4.69) is 20.3 Å². The summed E-state index contributed by atoms with van der Waals surface area (Å²) in [5, 5.41) is 6.15. The molecule has 1 aliphatic rings. The molecule has 0 radical (unpaired) electrons. The Morgan fingerprint density at radius 2 is 1.77 bits per heavy atom. The van der Waals surface area contributed by atoms with Crippen LogP contribution in [-0.4, -0.2) is 55.8 Å². The Morgan fingerprint density at radius 1 is 1.10 bits per heavy atom. The fourth-order valence-corrected chi connectivity index (χ4v) is 4.01. The second-order valence-corrected chi connectivity index (χ2v) is 7.82. The van der Waals surface area contributed by atoms with Crippen LogP contribution in [0.15, 0.2) is 54.6 Å². The number of carbonyl (C=O) groups is 1. The van der Waals surface area contributed by atoms with Crippen molar-refractivity contribution in [2.24, 2.45) is 0 Å². The molecule has 1 aliphatic heterocycles. The minimum Gasteiger partial charge on any atom is -0.457 e. The first-order valence-corrected chi connectivity index (χ1v) is 11.5. The number of likely N-dealkylation sites (tertiary alicyclic amines) is 1. The Labute approximate surface area is 184 Å². The quantitative estimate of drug-likeness (QED) is 0.413. The van der Waals surface area contributed by atoms with Crippen molar-refractivity contribution in [2.45, 2.75) is 32.4 Å². The summed E-state index contributed by atoms with van der Waals surface area (Å²) in [5.74, 6) is 2.57. The van der Waals surface area contributed by atoms with Gasteiger partial charge in [-0.3, -0.25) is 14.4 Å². The van der Waals surface area contributed by atoms with Crippen molar-refractivity contribution in [2.75, 3.05) is 38.3 Å². The summed E-state index contributed by atoms with van der Waals surface area (Å²) in [7, 11) is 3.95. The molecule has 1 saturated heterocycles. The fraction of sp³-hybridized carbons (Fsp3) is 0.435. The van der Waals surface area contributed by atoms with Gasteiger partial charge in [-0.15, -0.1) is 0 Å². The van der Waals surface area contributed by atoms with Gasteiger partial charge in [-0.25, -0.2) is 0 Å². The number of carbonyl (C=O) groups excluding carboxylic acids is 1. The van der Waals surface area contributed by atoms with E-state index in [9.17, 15) is 4.79 Å². The van der Waals surface area contributed by atoms with Crippen molar-refractivity contribution in [3.63, 3.8) is 0 Å². The van der Waals surface area contributed by atoms with Crippen LogP contribution in [-0.2, 0) is 4.79 Å². The first kappa shape index (κ1) is 24.2. The Hall–Kier alpha value is -2.06. The van der Waals surface area contributed by atoms with Gasteiger partial charge in [0.1, 0.15) is 11.5 Å². The highest BCUT2D eigenvalue weighted by molar-refractivity contribution is 7.97. The van der Waals surface area contributed by atoms with E-state index in [1.54, 1.807) is 11.9 Å². The molecule has 3 N–H and O–H groups in total. The van der Waals surface area contributed by atoms with Crippen LogP contribution in [0.25, 0.3) is 0 Å². The number of rotatable bonds is 9. The molecule has 0 saturated carbocycles. The predicted octanol–water partition coefficient (Wildman–Crippen LogP) is 3.97. The van der Waals surface area contributed by atoms with Crippen molar-refractivity contribution in [3.05, 3.63) is 54.6 Å². The number of amides is 1. The Morgan fingerprint density at radius 3 is 2.43 bits per heavy atom. The molecule has 1 fully saturated rings. The SMILES string of the molecule is CC.CNCCSN[C@@H]1C[C@@H](C(=O)Nc2ccc(Oc3ccccc3)cc2)N(C)C1. The van der Waals surface area contributed by atoms with Gasteiger partial charge in [-0.2, -0.15) is 0 Å². The van der Waals surface area contributed by atoms with Crippen LogP contribution in [0.5, 0.6) is 11.5 Å². The highest BCUT2D eigenvalue weighted by Gasteiger charge is 2.34. The highest BCUT2D eigenvalue weighted by Crippen LogP contribution is 2.24. The van der Waals surface area contributed by atoms with E-state index in [-0.39, 0.29) is 11.9 Å². The number of ether oxygens (including phenoxy) is 1. The van der Waals surface area contributed by atoms with Crippen molar-refractivity contribution >= 4 is 23.5 Å². The average Bonchev–Trinajstić information content (AvgIpc) is 3.15. The molecule has 30 heavy (non-hydrogen) atoms. The number of nitrogens with one attached hydrogen (secondary N) is 3. The second kappa shape index (κ2) is 13.3. The molecule has 0 spiro atoms. The number of hydrogen-bond donors (Lipinski definition) is 3. The van der Waals surface area contributed by atoms with E-state index < -0.39 is 0 Å². The summed E-state index contributed by atoms with van der Waals surface area (Å²) in [6.45, 7) is 5.84. The second-order valence-electron chi connectivity index (χ2n) is 6.89. The van der Waals surface area contributed by atoms with E-state index in [0.29, 0.717) is 6.04 Å². The number of hydrogen-bond acceptors (Lipinski definition) is 6. The molecule has 0 unspecified atom stereocenters. The molecular formula is C23H34N4O2S. The summed E-state index contributed by atoms with van der Waals surface area (Å²) in [6.07, 6.45) is 0.810. The van der Waals surface area contributed by atoms with E-state index >= 15 is 0 Å². The smallest absolute Gasteiger partial charge is 0.241 e. The lowest BCUT2D eigenvalue weighted by molar-refractivity contribution is -0.119. The molecule has 7 heteroatoms. The lowest BCUT2D eigenvalue weighted by Gasteiger charge is -2.18. The number of para-hydroxylation sites is 1. The number of anilines is 1. The number of nitrogens with zero attached hydrogens (tertiary/aromatic N) is 1. The third-order valence-corrected chi connectivity index (χ3v) is 5.56. The first-order chi connectivity index (χ1) is 14.7. The van der Waals surface area contributed by atoms with E-state index in [1.165, 1.54) is 0 Å². The topological polar surface area (TPSA) is 65.6 Å². The van der Waals surface area contributed by atoms with Crippen molar-refractivity contribution in [1.82, 2.24) is 14.9 Å². The van der Waals surface area contributed by atoms with Crippen LogP contribution in [0.4, 0.5) is 5.69 Å². The molecule has 1 heterocycles. The number of likely N-dealkylation sites (N-methyl/N-ethyl adjacent to an activating group) is 1. The molecule has 1 amide bonds. The van der Waals surface area contributed by atoms with Crippen LogP contribution in [0.3, 0.4) is 0 Å². The van der Waals surface area contributed by atoms with Crippen molar-refractivity contribution in [1.29, 1.82) is 0 Å². The zero-order chi connectivity index (χ0) is 21.8. The lowest BCUT2D eigenvalue weighted by atomic mass is 10.1. The van der Waals surface area contributed by atoms with Crippen LogP contribution < -0.4 is 20.1 Å². The van der Waals surface area contributed by atoms with Gasteiger partial charge < -0.3 is 15.4 Å². The molecule has 164 valence electrons. The third-order valence-electron chi connectivity index (χ3n) is 4.66. The summed E-state index contributed by atoms with van der Waals surface area (Å²) in [5.41, 5.74) is 0.776. The van der Waals surface area contributed by atoms with Gasteiger partial charge in [0.2, 0.25) is 5.91 Å². The lowest BCUT2D eigenvalue weighted by Crippen LogP contribution is -2.37. The van der Waals surface area contributed by atoms with Gasteiger partial charge in [-0.05, 0) is 56.9 Å². The van der Waals surface area contributed by atoms with Gasteiger partial charge in [0, 0.05) is 30.6 Å². The zero-order valence-electron chi connectivity index (χ0n) is 18.4. The van der Waals surface area contributed by atoms with Gasteiger partial charge in [0.15, 0.2) is 0 Å². The minimum absolute atomic E-state index is 0.0313. The summed E-state index contributed by atoms with van der Waals surface area (Å²) in [4.78, 5) is 14.8. The summed E-state index contributed by atoms with van der Waals surface area (Å²) >= 11 is 1.71. The van der Waals surface area contributed by atoms with Gasteiger partial charge in [0.25, 0.3) is 0 Å². The van der Waals surface area contributed by atoms with Crippen LogP contribution in [0.1, 0.15) is 20.3 Å². The third kappa shape index (κ3) is 7.65. The van der Waals surface area contributed by atoms with Crippen LogP contribution in [0, 0.1) is 0 Å². The molecule has 2 atom stereocenters. The highest BCUT2D eigenvalue weighted by atomic mass is 32.2. The first-order valence-electron chi connectivity index (χ1n) is 10.5. The molecule has 2 aromatic carbocycles. The Balaban J connectivity index is 0.00000155. The van der Waals surface area contributed by atoms with Crippen LogP contribution >= 0.6 is 11.9 Å². The summed E-state index contributed by atoms with van der Waals surface area (Å²) in [6, 6.07) is 17.3. The van der Waals surface area contributed by atoms with Gasteiger partial charge in [0.05, 0.1) is 6.04 Å². The maximum atomic E-state index is 12.7.